The summed E-state index contributed by atoms with van der Waals surface area (Å²) >= 11 is 0. The first-order chi connectivity index (χ1) is 15.3. The van der Waals surface area contributed by atoms with Crippen LogP contribution in [-0.4, -0.2) is 84.8 Å². The average molecular weight is 578 g/mol. The zero-order valence-corrected chi connectivity index (χ0v) is 24.0. The Bertz CT molecular complexity index is 610. The molecule has 0 radical (unpaired) electrons. The van der Waals surface area contributed by atoms with Gasteiger partial charge in [-0.25, -0.2) is 0 Å². The molecular weight excluding hydrogens is 529 g/mol. The van der Waals surface area contributed by atoms with Crippen LogP contribution in [0.3, 0.4) is 0 Å². The minimum absolute atomic E-state index is 0. The van der Waals surface area contributed by atoms with Gasteiger partial charge in [0.15, 0.2) is 5.96 Å². The lowest BCUT2D eigenvalue weighted by Gasteiger charge is -2.37. The number of carbonyl (C=O) groups is 2. The van der Waals surface area contributed by atoms with Crippen molar-refractivity contribution in [2.45, 2.75) is 73.1 Å². The summed E-state index contributed by atoms with van der Waals surface area (Å²) in [5, 5.41) is 3.45. The molecule has 1 N–H and O–H groups in total. The van der Waals surface area contributed by atoms with Gasteiger partial charge >= 0.3 is 0 Å². The highest BCUT2D eigenvalue weighted by Crippen LogP contribution is 2.21. The number of rotatable bonds is 9. The Morgan fingerprint density at radius 1 is 0.909 bits per heavy atom. The lowest BCUT2D eigenvalue weighted by Crippen LogP contribution is -2.50. The number of hydrogen-bond donors (Lipinski definition) is 1. The molecule has 2 rings (SSSR count). The van der Waals surface area contributed by atoms with Crippen molar-refractivity contribution in [3.8, 4) is 0 Å². The van der Waals surface area contributed by atoms with E-state index >= 15 is 0 Å². The first-order valence-electron chi connectivity index (χ1n) is 12.9. The average Bonchev–Trinajstić information content (AvgIpc) is 2.74. The molecule has 0 spiro atoms. The maximum absolute atomic E-state index is 12.5. The fraction of sp³-hybridized carbons (Fsp3) is 0.880. The minimum atomic E-state index is 0. The van der Waals surface area contributed by atoms with E-state index < -0.39 is 0 Å². The fourth-order valence-electron chi connectivity index (χ4n) is 4.85. The van der Waals surface area contributed by atoms with Crippen LogP contribution in [0.25, 0.3) is 0 Å². The number of guanidine groups is 1. The first kappa shape index (κ1) is 30.0. The Morgan fingerprint density at radius 2 is 1.48 bits per heavy atom. The predicted octanol–water partition coefficient (Wildman–Crippen LogP) is 3.83. The molecule has 0 aromatic rings. The maximum atomic E-state index is 12.5. The van der Waals surface area contributed by atoms with Crippen LogP contribution in [0.4, 0.5) is 0 Å². The molecule has 7 nitrogen and oxygen atoms in total. The van der Waals surface area contributed by atoms with E-state index in [1.165, 1.54) is 6.42 Å². The van der Waals surface area contributed by atoms with Crippen LogP contribution >= 0.6 is 24.0 Å². The van der Waals surface area contributed by atoms with Crippen LogP contribution in [0.15, 0.2) is 4.99 Å². The van der Waals surface area contributed by atoms with Crippen molar-refractivity contribution >= 4 is 41.8 Å². The summed E-state index contributed by atoms with van der Waals surface area (Å²) in [4.78, 5) is 35.8. The van der Waals surface area contributed by atoms with E-state index in [9.17, 15) is 9.59 Å². The number of piperidine rings is 1. The third-order valence-electron chi connectivity index (χ3n) is 6.38. The number of carbonyl (C=O) groups excluding carboxylic acids is 2. The van der Waals surface area contributed by atoms with E-state index in [1.807, 2.05) is 9.80 Å². The maximum Gasteiger partial charge on any atom is 0.222 e. The SMILES string of the molecule is CCNC(=NCCCCCC(=O)N1CCN(C(=O)CC(C)C)CC1)N1CC(C)CC(C)C1.I. The molecule has 2 aliphatic rings. The second kappa shape index (κ2) is 15.8. The van der Waals surface area contributed by atoms with Crippen LogP contribution in [0.1, 0.15) is 73.1 Å². The Hall–Kier alpha value is -1.06. The second-order valence-corrected chi connectivity index (χ2v) is 10.3. The number of amides is 2. The number of aliphatic imine (C=N–C) groups is 1. The highest BCUT2D eigenvalue weighted by molar-refractivity contribution is 14.0. The Morgan fingerprint density at radius 3 is 2.03 bits per heavy atom. The zero-order chi connectivity index (χ0) is 23.5. The van der Waals surface area contributed by atoms with E-state index in [1.54, 1.807) is 0 Å². The number of likely N-dealkylation sites (tertiary alicyclic amines) is 1. The van der Waals surface area contributed by atoms with E-state index in [2.05, 4.69) is 44.8 Å². The molecule has 0 aromatic carbocycles. The Kier molecular flexibility index (Phi) is 14.3. The third-order valence-corrected chi connectivity index (χ3v) is 6.38. The standard InChI is InChI=1S/C25H47N5O2.HI/c1-6-26-25(30-18-21(4)17-22(5)19-30)27-11-9-7-8-10-23(31)28-12-14-29(15-13-28)24(32)16-20(2)3;/h20-22H,6-19H2,1-5H3,(H,26,27);1H. The van der Waals surface area contributed by atoms with Gasteiger partial charge in [-0.1, -0.05) is 34.1 Å². The van der Waals surface area contributed by atoms with Gasteiger partial charge in [0.25, 0.3) is 0 Å². The van der Waals surface area contributed by atoms with E-state index in [4.69, 9.17) is 4.99 Å². The van der Waals surface area contributed by atoms with Crippen LogP contribution < -0.4 is 5.32 Å². The van der Waals surface area contributed by atoms with Gasteiger partial charge in [0.05, 0.1) is 0 Å². The zero-order valence-electron chi connectivity index (χ0n) is 21.6. The lowest BCUT2D eigenvalue weighted by molar-refractivity contribution is -0.140. The Labute approximate surface area is 219 Å². The molecule has 2 aliphatic heterocycles. The number of halogens is 1. The molecule has 2 heterocycles. The molecule has 0 saturated carbocycles. The van der Waals surface area contributed by atoms with Crippen LogP contribution in [0.2, 0.25) is 0 Å². The van der Waals surface area contributed by atoms with Crippen LogP contribution in [0.5, 0.6) is 0 Å². The summed E-state index contributed by atoms with van der Waals surface area (Å²) in [5.41, 5.74) is 0. The van der Waals surface area contributed by atoms with Crippen LogP contribution in [-0.2, 0) is 9.59 Å². The van der Waals surface area contributed by atoms with Gasteiger partial charge in [-0.2, -0.15) is 0 Å². The van der Waals surface area contributed by atoms with Gasteiger partial charge in [0.1, 0.15) is 0 Å². The summed E-state index contributed by atoms with van der Waals surface area (Å²) in [6.45, 7) is 17.5. The number of nitrogens with one attached hydrogen (secondary N) is 1. The molecule has 0 aromatic heterocycles. The highest BCUT2D eigenvalue weighted by Gasteiger charge is 2.25. The van der Waals surface area contributed by atoms with E-state index in [-0.39, 0.29) is 35.8 Å². The van der Waals surface area contributed by atoms with Crippen molar-refractivity contribution in [1.29, 1.82) is 0 Å². The summed E-state index contributed by atoms with van der Waals surface area (Å²) in [6.07, 6.45) is 5.45. The largest absolute Gasteiger partial charge is 0.357 e. The molecule has 0 aliphatic carbocycles. The van der Waals surface area contributed by atoms with Gasteiger partial charge in [0, 0.05) is 65.2 Å². The molecular formula is C25H48IN5O2. The number of hydrogen-bond acceptors (Lipinski definition) is 3. The first-order valence-corrected chi connectivity index (χ1v) is 12.9. The van der Waals surface area contributed by atoms with Gasteiger partial charge in [-0.05, 0) is 43.9 Å². The predicted molar refractivity (Wildman–Crippen MR) is 147 cm³/mol. The summed E-state index contributed by atoms with van der Waals surface area (Å²) in [7, 11) is 0. The molecule has 2 fully saturated rings. The second-order valence-electron chi connectivity index (χ2n) is 10.3. The van der Waals surface area contributed by atoms with Gasteiger partial charge in [0.2, 0.25) is 11.8 Å². The minimum Gasteiger partial charge on any atom is -0.357 e. The normalized spacial score (nSPS) is 21.8. The molecule has 2 amide bonds. The fourth-order valence-corrected chi connectivity index (χ4v) is 4.85. The van der Waals surface area contributed by atoms with Crippen molar-refractivity contribution in [2.75, 3.05) is 52.4 Å². The number of piperazine rings is 1. The van der Waals surface area contributed by atoms with Gasteiger partial charge in [-0.3, -0.25) is 14.6 Å². The quantitative estimate of drug-likeness (QED) is 0.196. The van der Waals surface area contributed by atoms with Crippen molar-refractivity contribution in [1.82, 2.24) is 20.0 Å². The summed E-state index contributed by atoms with van der Waals surface area (Å²) in [6, 6.07) is 0. The van der Waals surface area contributed by atoms with Gasteiger partial charge in [-0.15, -0.1) is 24.0 Å². The smallest absolute Gasteiger partial charge is 0.222 e. The molecule has 8 heteroatoms. The molecule has 2 atom stereocenters. The number of unbranched alkanes of at least 4 members (excludes halogenated alkanes) is 2. The summed E-state index contributed by atoms with van der Waals surface area (Å²) < 4.78 is 0. The number of nitrogens with zero attached hydrogens (tertiary/aromatic N) is 4. The lowest BCUT2D eigenvalue weighted by atomic mass is 9.92. The molecule has 0 bridgehead atoms. The summed E-state index contributed by atoms with van der Waals surface area (Å²) in [5.74, 6) is 3.30. The van der Waals surface area contributed by atoms with Crippen molar-refractivity contribution in [3.63, 3.8) is 0 Å². The van der Waals surface area contributed by atoms with Crippen molar-refractivity contribution in [2.24, 2.45) is 22.7 Å². The van der Waals surface area contributed by atoms with Crippen LogP contribution in [0, 0.1) is 17.8 Å². The van der Waals surface area contributed by atoms with E-state index in [0.29, 0.717) is 56.8 Å². The topological polar surface area (TPSA) is 68.2 Å². The highest BCUT2D eigenvalue weighted by atomic mass is 127. The monoisotopic (exact) mass is 577 g/mol. The molecule has 192 valence electrons. The van der Waals surface area contributed by atoms with Crippen molar-refractivity contribution < 1.29 is 9.59 Å². The van der Waals surface area contributed by atoms with Crippen molar-refractivity contribution in [3.05, 3.63) is 0 Å². The van der Waals surface area contributed by atoms with Gasteiger partial charge < -0.3 is 20.0 Å². The Balaban J connectivity index is 0.00000544. The third kappa shape index (κ3) is 10.8. The molecule has 33 heavy (non-hydrogen) atoms. The van der Waals surface area contributed by atoms with E-state index in [0.717, 1.165) is 51.4 Å². The molecule has 2 unspecified atom stereocenters. The molecule has 2 saturated heterocycles.